The first-order valence-electron chi connectivity index (χ1n) is 16.5. The van der Waals surface area contributed by atoms with Gasteiger partial charge in [-0.05, 0) is 65.5 Å². The Bertz CT molecular complexity index is 2020. The fraction of sp³-hybridized carbons (Fsp3) is 0.184. The average molecular weight is 1140 g/mol. The zero-order chi connectivity index (χ0) is 41.0. The molecule has 19 heteroatoms. The van der Waals surface area contributed by atoms with Crippen LogP contribution in [0.4, 0.5) is 33.8 Å². The summed E-state index contributed by atoms with van der Waals surface area (Å²) in [6.07, 6.45) is 1.06. The molecule has 0 fully saturated rings. The minimum atomic E-state index is -11.2. The van der Waals surface area contributed by atoms with Gasteiger partial charge in [-0.1, -0.05) is 141 Å². The summed E-state index contributed by atoms with van der Waals surface area (Å²) in [7, 11) is -0.641. The number of fused-ring (bicyclic) bond motifs is 3. The van der Waals surface area contributed by atoms with Gasteiger partial charge in [-0.2, -0.15) is 0 Å². The molecule has 0 saturated heterocycles. The van der Waals surface area contributed by atoms with Gasteiger partial charge in [0, 0.05) is 12.0 Å². The summed E-state index contributed by atoms with van der Waals surface area (Å²) in [4.78, 5) is 5.01. The molecule has 0 spiro atoms. The van der Waals surface area contributed by atoms with Crippen LogP contribution in [0, 0.1) is 6.92 Å². The summed E-state index contributed by atoms with van der Waals surface area (Å²) in [6, 6.07) is 47.8. The third-order valence-electron chi connectivity index (χ3n) is 7.79. The minimum absolute atomic E-state index is 0. The molecule has 1 aliphatic carbocycles. The molecule has 0 radical (unpaired) electrons. The molecular formula is C38H38F12NO2PRuSb2. The molecule has 314 valence electrons. The van der Waals surface area contributed by atoms with Gasteiger partial charge in [-0.3, -0.25) is 0 Å². The van der Waals surface area contributed by atoms with Crippen molar-refractivity contribution in [2.75, 3.05) is 0 Å². The van der Waals surface area contributed by atoms with E-state index < -0.39 is 46.9 Å². The Morgan fingerprint density at radius 1 is 0.596 bits per heavy atom. The van der Waals surface area contributed by atoms with Crippen molar-refractivity contribution < 1.29 is 63.4 Å². The second-order valence-corrected chi connectivity index (χ2v) is 26.1. The number of hydrogen-bond donors (Lipinski definition) is 0. The second-order valence-electron chi connectivity index (χ2n) is 13.0. The summed E-state index contributed by atoms with van der Waals surface area (Å²) in [5.41, 5.74) is 6.51. The Morgan fingerprint density at radius 3 is 1.51 bits per heavy atom. The third-order valence-corrected chi connectivity index (χ3v) is 10.2. The number of benzene rings is 5. The molecule has 0 aromatic heterocycles. The van der Waals surface area contributed by atoms with E-state index in [4.69, 9.17) is 9.73 Å². The molecule has 0 saturated carbocycles. The molecule has 3 nitrogen and oxygen atoms in total. The van der Waals surface area contributed by atoms with Gasteiger partial charge in [0.25, 0.3) is 0 Å². The van der Waals surface area contributed by atoms with E-state index in [1.165, 1.54) is 38.2 Å². The first-order chi connectivity index (χ1) is 25.0. The Kier molecular flexibility index (Phi) is 15.5. The summed E-state index contributed by atoms with van der Waals surface area (Å²) in [6.45, 7) is 6.54. The van der Waals surface area contributed by atoms with Crippen molar-refractivity contribution in [1.82, 2.24) is 0 Å². The average Bonchev–Trinajstić information content (AvgIpc) is 3.63. The molecular weight excluding hydrogens is 1110 g/mol. The molecule has 7 rings (SSSR count). The summed E-state index contributed by atoms with van der Waals surface area (Å²) >= 11 is -22.5. The van der Waals surface area contributed by atoms with Crippen LogP contribution in [0.2, 0.25) is 0 Å². The predicted molar refractivity (Wildman–Crippen MR) is 203 cm³/mol. The minimum Gasteiger partial charge on any atom is -0.471 e. The molecule has 2 N–H and O–H groups in total. The predicted octanol–water partition coefficient (Wildman–Crippen LogP) is 11.5. The van der Waals surface area contributed by atoms with Crippen LogP contribution in [0.5, 0.6) is 0 Å². The van der Waals surface area contributed by atoms with E-state index in [9.17, 15) is 33.8 Å². The fourth-order valence-electron chi connectivity index (χ4n) is 5.57. The maximum Gasteiger partial charge on any atom is 2.00 e. The van der Waals surface area contributed by atoms with Crippen molar-refractivity contribution in [1.29, 1.82) is 0 Å². The van der Waals surface area contributed by atoms with Gasteiger partial charge in [-0.25, -0.2) is 4.99 Å². The summed E-state index contributed by atoms with van der Waals surface area (Å²) < 4.78 is 125. The number of rotatable bonds is 5. The van der Waals surface area contributed by atoms with Crippen LogP contribution in [0.1, 0.15) is 53.6 Å². The van der Waals surface area contributed by atoms with Gasteiger partial charge >= 0.3 is 92.2 Å². The van der Waals surface area contributed by atoms with Gasteiger partial charge < -0.3 is 10.2 Å². The van der Waals surface area contributed by atoms with Gasteiger partial charge in [0.2, 0.25) is 5.90 Å². The van der Waals surface area contributed by atoms with E-state index in [1.807, 2.05) is 0 Å². The topological polar surface area (TPSA) is 53.1 Å². The largest absolute Gasteiger partial charge is 2.00 e. The van der Waals surface area contributed by atoms with E-state index >= 15 is 0 Å². The van der Waals surface area contributed by atoms with Crippen LogP contribution in [0.25, 0.3) is 0 Å². The van der Waals surface area contributed by atoms with E-state index in [0.29, 0.717) is 5.92 Å². The van der Waals surface area contributed by atoms with Crippen molar-refractivity contribution in [3.63, 3.8) is 0 Å². The van der Waals surface area contributed by atoms with Gasteiger partial charge in [0.05, 0.1) is 0 Å². The van der Waals surface area contributed by atoms with E-state index in [1.54, 1.807) is 0 Å². The maximum atomic E-state index is 9.93. The smallest absolute Gasteiger partial charge is 0.471 e. The molecule has 5 aromatic rings. The first-order valence-corrected chi connectivity index (χ1v) is 29.4. The van der Waals surface area contributed by atoms with Gasteiger partial charge in [-0.15, -0.1) is 0 Å². The zero-order valence-electron chi connectivity index (χ0n) is 30.2. The number of aliphatic imine (C=N–C) groups is 1. The van der Waals surface area contributed by atoms with Crippen LogP contribution in [0.15, 0.2) is 138 Å². The van der Waals surface area contributed by atoms with Crippen LogP contribution in [-0.2, 0) is 30.6 Å². The third kappa shape index (κ3) is 19.8. The van der Waals surface area contributed by atoms with Crippen LogP contribution >= 0.6 is 7.92 Å². The van der Waals surface area contributed by atoms with E-state index in [-0.39, 0.29) is 37.1 Å². The van der Waals surface area contributed by atoms with Crippen molar-refractivity contribution in [2.24, 2.45) is 4.99 Å². The zero-order valence-corrected chi connectivity index (χ0v) is 38.0. The van der Waals surface area contributed by atoms with Crippen LogP contribution in [0.3, 0.4) is 0 Å². The van der Waals surface area contributed by atoms with Crippen LogP contribution < -0.4 is 15.9 Å². The molecule has 0 amide bonds. The van der Waals surface area contributed by atoms with Gasteiger partial charge in [0.1, 0.15) is 12.1 Å². The molecule has 1 aliphatic heterocycles. The Morgan fingerprint density at radius 2 is 1.04 bits per heavy atom. The molecule has 0 unspecified atom stereocenters. The number of ether oxygens (including phenoxy) is 1. The molecule has 2 aliphatic rings. The molecule has 5 aromatic carbocycles. The van der Waals surface area contributed by atoms with Crippen molar-refractivity contribution in [2.45, 2.75) is 45.3 Å². The maximum absolute atomic E-state index is 11.2. The normalized spacial score (nSPS) is 17.8. The molecule has 57 heavy (non-hydrogen) atoms. The first kappa shape index (κ1) is 50.5. The summed E-state index contributed by atoms with van der Waals surface area (Å²) in [5.74, 6) is 1.43. The molecule has 2 atom stereocenters. The Labute approximate surface area is 341 Å². The number of hydrogen-bond acceptors (Lipinski definition) is 2. The standard InChI is InChI=1S/C28H22NOP.C10H14.12FH.H2O.Ru.2Sb/c1-3-12-22(13-4-1)31(23-14-5-2-6-15-23)24-16-9-11-21(18-24)28-29-27-25-17-8-7-10-20(25)19-26(27)30-28;1-8(2)10-6-4-9(3)5-7-10;;;;;;;;;;;;;;;;/h1-18,26-27H,19H2;4-8H,1-3H3;12*1H;1H2;;;/q;;;;;;;;;;;;;;;+2;2*+5/p-12/t26-,27+;;;;;;;;;;;;;;;;;/m1................./s1. The fourth-order valence-corrected chi connectivity index (χ4v) is 7.91. The van der Waals surface area contributed by atoms with Crippen molar-refractivity contribution in [3.8, 4) is 0 Å². The van der Waals surface area contributed by atoms with E-state index in [0.717, 1.165) is 17.9 Å². The monoisotopic (exact) mass is 1140 g/mol. The van der Waals surface area contributed by atoms with Crippen molar-refractivity contribution >= 4 is 68.7 Å². The molecule has 1 heterocycles. The number of nitrogens with zero attached hydrogens (tertiary/aromatic N) is 1. The van der Waals surface area contributed by atoms with Crippen LogP contribution in [-0.4, -0.2) is 56.4 Å². The molecule has 0 bridgehead atoms. The summed E-state index contributed by atoms with van der Waals surface area (Å²) in [5, 5.41) is 4.01. The SMILES string of the molecule is Cc1ccc(C(C)C)cc1.O.[F][Sb-]([F])([F])([F])([F])[F].[F][Sb-]([F])([F])([F])([F])[F].[Ru+2].c1ccc(P(c2ccccc2)c2cccc(C3=N[C@H]4c5ccccc5C[C@H]4O3)c2)cc1. The number of halogens is 12. The van der Waals surface area contributed by atoms with Gasteiger partial charge in [0.15, 0.2) is 0 Å². The van der Waals surface area contributed by atoms with E-state index in [2.05, 4.69) is 154 Å². The second kappa shape index (κ2) is 17.5. The Balaban J connectivity index is 0.000000355. The number of aryl methyl sites for hydroxylation is 1. The van der Waals surface area contributed by atoms with Crippen molar-refractivity contribution in [3.05, 3.63) is 161 Å². The quantitative estimate of drug-likeness (QED) is 0.0983. The Hall–Kier alpha value is -2.62.